The highest BCUT2D eigenvalue weighted by Gasteiger charge is 2.57. The van der Waals surface area contributed by atoms with Crippen LogP contribution < -0.4 is 15.4 Å². The van der Waals surface area contributed by atoms with E-state index in [0.29, 0.717) is 11.3 Å². The largest absolute Gasteiger partial charge is 0.452 e. The molecule has 8 nitrogen and oxygen atoms in total. The van der Waals surface area contributed by atoms with Gasteiger partial charge >= 0.3 is 0 Å². The minimum Gasteiger partial charge on any atom is -0.452 e. The summed E-state index contributed by atoms with van der Waals surface area (Å²) in [5.41, 5.74) is 7.61. The molecule has 1 saturated carbocycles. The van der Waals surface area contributed by atoms with Crippen molar-refractivity contribution in [1.82, 2.24) is 9.61 Å². The number of primary amides is 1. The lowest BCUT2D eigenvalue weighted by Crippen LogP contribution is -2.41. The number of hydrogen-bond acceptors (Lipinski definition) is 5. The summed E-state index contributed by atoms with van der Waals surface area (Å²) < 4.78 is 36.9. The second kappa shape index (κ2) is 10.4. The molecule has 0 spiro atoms. The Bertz CT molecular complexity index is 1890. The number of hydrogen-bond donors (Lipinski definition) is 1. The number of aromatic nitrogens is 2. The second-order valence-corrected chi connectivity index (χ2v) is 10.0. The van der Waals surface area contributed by atoms with Crippen LogP contribution in [0.1, 0.15) is 18.4 Å². The molecule has 2 amide bonds. The van der Waals surface area contributed by atoms with Crippen molar-refractivity contribution in [3.8, 4) is 28.7 Å². The van der Waals surface area contributed by atoms with Gasteiger partial charge in [0.2, 0.25) is 11.8 Å². The zero-order valence-corrected chi connectivity index (χ0v) is 22.1. The molecule has 0 bridgehead atoms. The number of fused-ring (bicyclic) bond motifs is 1. The lowest BCUT2D eigenvalue weighted by atomic mass is 10.0. The molecule has 2 heterocycles. The van der Waals surface area contributed by atoms with Gasteiger partial charge in [-0.25, -0.2) is 13.3 Å². The molecule has 0 atom stereocenters. The monoisotopic (exact) mass is 563 g/mol. The minimum atomic E-state index is -1.39. The molecule has 2 aromatic heterocycles. The Morgan fingerprint density at radius 2 is 1.76 bits per heavy atom. The third-order valence-corrected chi connectivity index (χ3v) is 7.35. The van der Waals surface area contributed by atoms with Crippen molar-refractivity contribution in [1.29, 1.82) is 5.26 Å². The van der Waals surface area contributed by atoms with Crippen molar-refractivity contribution in [2.45, 2.75) is 19.3 Å². The fourth-order valence-electron chi connectivity index (χ4n) is 4.98. The first-order chi connectivity index (χ1) is 20.3. The summed E-state index contributed by atoms with van der Waals surface area (Å²) in [7, 11) is 0. The van der Waals surface area contributed by atoms with Crippen LogP contribution in [0.25, 0.3) is 16.6 Å². The number of rotatable bonds is 8. The van der Waals surface area contributed by atoms with Crippen LogP contribution in [-0.2, 0) is 16.0 Å². The summed E-state index contributed by atoms with van der Waals surface area (Å²) in [5, 5.41) is 13.4. The number of carbonyl (C=O) groups excluding carboxylic acids is 2. The van der Waals surface area contributed by atoms with Gasteiger partial charge in [-0.05, 0) is 66.4 Å². The van der Waals surface area contributed by atoms with E-state index in [1.807, 2.05) is 30.3 Å². The highest BCUT2D eigenvalue weighted by atomic mass is 19.1. The molecular weight excluding hydrogens is 540 g/mol. The maximum absolute atomic E-state index is 15.6. The summed E-state index contributed by atoms with van der Waals surface area (Å²) >= 11 is 0. The number of carbonyl (C=O) groups is 2. The van der Waals surface area contributed by atoms with Crippen molar-refractivity contribution in [3.05, 3.63) is 108 Å². The van der Waals surface area contributed by atoms with Gasteiger partial charge in [-0.3, -0.25) is 14.5 Å². The molecule has 1 fully saturated rings. The molecule has 0 unspecified atom stereocenters. The van der Waals surface area contributed by atoms with Crippen molar-refractivity contribution in [2.75, 3.05) is 4.90 Å². The van der Waals surface area contributed by atoms with Crippen LogP contribution in [0, 0.1) is 28.4 Å². The number of halogens is 2. The highest BCUT2D eigenvalue weighted by Crippen LogP contribution is 2.49. The summed E-state index contributed by atoms with van der Waals surface area (Å²) in [6, 6.07) is 22.2. The summed E-state index contributed by atoms with van der Waals surface area (Å²) in [6.07, 6.45) is 4.10. The number of nitrogens with zero attached hydrogens (tertiary/aromatic N) is 4. The predicted molar refractivity (Wildman–Crippen MR) is 151 cm³/mol. The number of amides is 2. The Balaban J connectivity index is 1.37. The number of benzene rings is 3. The van der Waals surface area contributed by atoms with Gasteiger partial charge in [0.25, 0.3) is 0 Å². The quantitative estimate of drug-likeness (QED) is 0.230. The van der Waals surface area contributed by atoms with Gasteiger partial charge in [0.05, 0.1) is 24.4 Å². The van der Waals surface area contributed by atoms with Crippen LogP contribution in [0.4, 0.5) is 20.2 Å². The van der Waals surface area contributed by atoms with E-state index in [1.54, 1.807) is 16.8 Å². The number of ether oxygens (including phenoxy) is 1. The number of nitriles is 1. The Morgan fingerprint density at radius 1 is 1.00 bits per heavy atom. The van der Waals surface area contributed by atoms with Crippen molar-refractivity contribution in [2.24, 2.45) is 11.1 Å². The van der Waals surface area contributed by atoms with E-state index in [9.17, 15) is 14.0 Å². The Kier molecular flexibility index (Phi) is 6.63. The molecule has 0 aliphatic heterocycles. The van der Waals surface area contributed by atoms with E-state index >= 15 is 4.39 Å². The van der Waals surface area contributed by atoms with Crippen molar-refractivity contribution >= 4 is 28.7 Å². The van der Waals surface area contributed by atoms with E-state index in [4.69, 9.17) is 15.7 Å². The standard InChI is InChI=1S/C32H23F2N5O3/c33-22-4-6-23(7-5-22)39(31(41)32(13-14-32)30(36)40)24-8-9-27(26(34)19-24)42-28-11-16-37-38-17-12-25(29(28)38)21-3-1-2-20(18-21)10-15-35/h1-9,11-12,16-19H,10,13-14H2,(H2,36,40). The van der Waals surface area contributed by atoms with Crippen LogP contribution in [0.15, 0.2) is 91.3 Å². The van der Waals surface area contributed by atoms with Gasteiger partial charge < -0.3 is 10.5 Å². The van der Waals surface area contributed by atoms with Gasteiger partial charge in [0.1, 0.15) is 16.7 Å². The van der Waals surface area contributed by atoms with E-state index in [-0.39, 0.29) is 36.4 Å². The summed E-state index contributed by atoms with van der Waals surface area (Å²) in [6.45, 7) is 0. The Hall–Kier alpha value is -5.56. The van der Waals surface area contributed by atoms with Crippen molar-refractivity contribution in [3.63, 3.8) is 0 Å². The third-order valence-electron chi connectivity index (χ3n) is 7.35. The SMILES string of the molecule is N#CCc1cccc(-c2ccn3nccc(Oc4ccc(N(C(=O)C5(C(N)=O)CC5)c5ccc(F)cc5)cc4F)c23)c1. The molecule has 3 aromatic carbocycles. The van der Waals surface area contributed by atoms with Crippen LogP contribution in [0.5, 0.6) is 11.5 Å². The van der Waals surface area contributed by atoms with Gasteiger partial charge in [-0.2, -0.15) is 10.4 Å². The fourth-order valence-corrected chi connectivity index (χ4v) is 4.98. The maximum Gasteiger partial charge on any atom is 0.247 e. The molecule has 5 aromatic rings. The predicted octanol–water partition coefficient (Wildman–Crippen LogP) is 6.07. The first-order valence-electron chi connectivity index (χ1n) is 13.1. The van der Waals surface area contributed by atoms with Crippen LogP contribution in [0.2, 0.25) is 0 Å². The molecule has 10 heteroatoms. The Morgan fingerprint density at radius 3 is 2.45 bits per heavy atom. The molecule has 208 valence electrons. The molecule has 2 N–H and O–H groups in total. The van der Waals surface area contributed by atoms with E-state index in [0.717, 1.165) is 22.8 Å². The van der Waals surface area contributed by atoms with Crippen LogP contribution in [0.3, 0.4) is 0 Å². The van der Waals surface area contributed by atoms with Gasteiger partial charge in [0.15, 0.2) is 17.3 Å². The number of nitrogens with two attached hydrogens (primary N) is 1. The van der Waals surface area contributed by atoms with Gasteiger partial charge in [-0.15, -0.1) is 0 Å². The lowest BCUT2D eigenvalue weighted by molar-refractivity contribution is -0.133. The topological polar surface area (TPSA) is 114 Å². The first kappa shape index (κ1) is 26.7. The molecule has 1 aliphatic carbocycles. The average Bonchev–Trinajstić information content (AvgIpc) is 3.69. The molecule has 1 aliphatic rings. The highest BCUT2D eigenvalue weighted by molar-refractivity contribution is 6.16. The second-order valence-electron chi connectivity index (χ2n) is 10.0. The minimum absolute atomic E-state index is 0.111. The summed E-state index contributed by atoms with van der Waals surface area (Å²) in [4.78, 5) is 26.9. The molecule has 42 heavy (non-hydrogen) atoms. The normalized spacial score (nSPS) is 13.4. The average molecular weight is 564 g/mol. The van der Waals surface area contributed by atoms with Gasteiger partial charge in [-0.1, -0.05) is 24.3 Å². The van der Waals surface area contributed by atoms with Gasteiger partial charge in [0, 0.05) is 29.6 Å². The van der Waals surface area contributed by atoms with E-state index in [1.165, 1.54) is 47.5 Å². The van der Waals surface area contributed by atoms with E-state index < -0.39 is 28.9 Å². The number of anilines is 2. The van der Waals surface area contributed by atoms with Crippen molar-refractivity contribution < 1.29 is 23.1 Å². The molecular formula is C32H23F2N5O3. The lowest BCUT2D eigenvalue weighted by Gasteiger charge is -2.26. The maximum atomic E-state index is 15.6. The summed E-state index contributed by atoms with van der Waals surface area (Å²) in [5.74, 6) is -2.43. The zero-order chi connectivity index (χ0) is 29.4. The smallest absolute Gasteiger partial charge is 0.247 e. The first-order valence-corrected chi connectivity index (χ1v) is 13.1. The molecule has 0 saturated heterocycles. The van der Waals surface area contributed by atoms with Crippen LogP contribution >= 0.6 is 0 Å². The molecule has 0 radical (unpaired) electrons. The zero-order valence-electron chi connectivity index (χ0n) is 22.1. The third kappa shape index (κ3) is 4.71. The van der Waals surface area contributed by atoms with E-state index in [2.05, 4.69) is 11.2 Å². The Labute approximate surface area is 239 Å². The molecule has 6 rings (SSSR count). The fraction of sp³-hybridized carbons (Fsp3) is 0.125. The van der Waals surface area contributed by atoms with Crippen LogP contribution in [-0.4, -0.2) is 21.4 Å².